The van der Waals surface area contributed by atoms with E-state index in [1.807, 2.05) is 37.4 Å². The first-order valence-corrected chi connectivity index (χ1v) is 7.63. The zero-order valence-corrected chi connectivity index (χ0v) is 13.4. The van der Waals surface area contributed by atoms with Crippen LogP contribution < -0.4 is 11.1 Å². The number of carbonyl (C=O) groups is 1. The summed E-state index contributed by atoms with van der Waals surface area (Å²) in [6.45, 7) is 4.13. The molecule has 0 bridgehead atoms. The molecule has 0 unspecified atom stereocenters. The fourth-order valence-corrected chi connectivity index (χ4v) is 2.97. The fourth-order valence-electron chi connectivity index (χ4n) is 1.80. The molecule has 3 nitrogen and oxygen atoms in total. The average Bonchev–Trinajstić information content (AvgIpc) is 2.79. The van der Waals surface area contributed by atoms with Crippen LogP contribution in [-0.2, 0) is 0 Å². The van der Waals surface area contributed by atoms with Crippen molar-refractivity contribution in [3.8, 4) is 11.8 Å². The summed E-state index contributed by atoms with van der Waals surface area (Å²) in [6.07, 6.45) is 0. The van der Waals surface area contributed by atoms with Gasteiger partial charge in [-0.25, -0.2) is 0 Å². The van der Waals surface area contributed by atoms with Gasteiger partial charge in [0.1, 0.15) is 4.88 Å². The molecule has 0 aliphatic carbocycles. The number of aryl methyl sites for hydroxylation is 2. The van der Waals surface area contributed by atoms with Gasteiger partial charge >= 0.3 is 0 Å². The fraction of sp³-hybridized carbons (Fsp3) is 0.188. The normalized spacial score (nSPS) is 9.90. The van der Waals surface area contributed by atoms with Gasteiger partial charge < -0.3 is 11.1 Å². The van der Waals surface area contributed by atoms with Crippen LogP contribution in [0.1, 0.15) is 26.4 Å². The second kappa shape index (κ2) is 6.77. The van der Waals surface area contributed by atoms with E-state index in [1.54, 1.807) is 0 Å². The highest BCUT2D eigenvalue weighted by atomic mass is 35.5. The van der Waals surface area contributed by atoms with Crippen molar-refractivity contribution in [1.29, 1.82) is 0 Å². The summed E-state index contributed by atoms with van der Waals surface area (Å²) in [5.74, 6) is 5.57. The maximum atomic E-state index is 12.2. The summed E-state index contributed by atoms with van der Waals surface area (Å²) >= 11 is 7.45. The number of hydrogen-bond donors (Lipinski definition) is 2. The van der Waals surface area contributed by atoms with E-state index in [-0.39, 0.29) is 5.91 Å². The smallest absolute Gasteiger partial charge is 0.267 e. The Balaban J connectivity index is 2.20. The van der Waals surface area contributed by atoms with E-state index in [0.717, 1.165) is 22.4 Å². The zero-order valence-electron chi connectivity index (χ0n) is 11.8. The Bertz CT molecular complexity index is 740. The van der Waals surface area contributed by atoms with Gasteiger partial charge in [0, 0.05) is 11.3 Å². The predicted octanol–water partition coefficient (Wildman–Crippen LogP) is 3.58. The van der Waals surface area contributed by atoms with Crippen molar-refractivity contribution in [2.75, 3.05) is 11.9 Å². The maximum Gasteiger partial charge on any atom is 0.267 e. The number of halogens is 1. The lowest BCUT2D eigenvalue weighted by Crippen LogP contribution is -2.11. The molecule has 0 atom stereocenters. The van der Waals surface area contributed by atoms with Crippen LogP contribution >= 0.6 is 22.9 Å². The minimum atomic E-state index is -0.193. The van der Waals surface area contributed by atoms with Gasteiger partial charge in [0.05, 0.1) is 11.6 Å². The molecule has 0 saturated carbocycles. The molecule has 1 aromatic carbocycles. The van der Waals surface area contributed by atoms with E-state index < -0.39 is 0 Å². The molecule has 108 valence electrons. The predicted molar refractivity (Wildman–Crippen MR) is 89.1 cm³/mol. The SMILES string of the molecule is Cc1cc(C#CCN)ccc1NC(=O)c1scc(C)c1Cl. The minimum Gasteiger partial charge on any atom is -0.321 e. The van der Waals surface area contributed by atoms with Crippen molar-refractivity contribution in [2.24, 2.45) is 5.73 Å². The van der Waals surface area contributed by atoms with Gasteiger partial charge in [-0.3, -0.25) is 4.79 Å². The first-order chi connectivity index (χ1) is 10.0. The van der Waals surface area contributed by atoms with E-state index in [1.165, 1.54) is 11.3 Å². The Labute approximate surface area is 133 Å². The Kier molecular flexibility index (Phi) is 5.03. The first kappa shape index (κ1) is 15.6. The monoisotopic (exact) mass is 318 g/mol. The summed E-state index contributed by atoms with van der Waals surface area (Å²) in [5, 5.41) is 5.26. The molecule has 0 aliphatic rings. The molecule has 0 radical (unpaired) electrons. The Morgan fingerprint density at radius 2 is 2.14 bits per heavy atom. The molecular weight excluding hydrogens is 304 g/mol. The van der Waals surface area contributed by atoms with Crippen LogP contribution in [0.3, 0.4) is 0 Å². The molecule has 3 N–H and O–H groups in total. The standard InChI is InChI=1S/C16H15ClN2OS/c1-10-8-12(4-3-7-18)5-6-13(10)19-16(20)15-14(17)11(2)9-21-15/h5-6,8-9H,7,18H2,1-2H3,(H,19,20). The molecule has 0 spiro atoms. The summed E-state index contributed by atoms with van der Waals surface area (Å²) in [7, 11) is 0. The summed E-state index contributed by atoms with van der Waals surface area (Å²) in [5.41, 5.74) is 8.83. The molecule has 0 aliphatic heterocycles. The van der Waals surface area contributed by atoms with Crippen LogP contribution in [0.5, 0.6) is 0 Å². The number of amides is 1. The van der Waals surface area contributed by atoms with Gasteiger partial charge in [0.2, 0.25) is 0 Å². The zero-order chi connectivity index (χ0) is 15.4. The molecule has 2 rings (SSSR count). The number of thiophene rings is 1. The lowest BCUT2D eigenvalue weighted by Gasteiger charge is -2.08. The third-order valence-electron chi connectivity index (χ3n) is 2.91. The molecule has 0 saturated heterocycles. The number of benzene rings is 1. The Morgan fingerprint density at radius 3 is 2.71 bits per heavy atom. The molecule has 21 heavy (non-hydrogen) atoms. The van der Waals surface area contributed by atoms with E-state index in [4.69, 9.17) is 17.3 Å². The number of rotatable bonds is 2. The number of carbonyl (C=O) groups excluding carboxylic acids is 1. The summed E-state index contributed by atoms with van der Waals surface area (Å²) < 4.78 is 0. The van der Waals surface area contributed by atoms with Crippen molar-refractivity contribution >= 4 is 34.5 Å². The van der Waals surface area contributed by atoms with Crippen molar-refractivity contribution in [1.82, 2.24) is 0 Å². The van der Waals surface area contributed by atoms with E-state index in [0.29, 0.717) is 16.4 Å². The van der Waals surface area contributed by atoms with Crippen LogP contribution in [0.2, 0.25) is 5.02 Å². The number of hydrogen-bond acceptors (Lipinski definition) is 3. The van der Waals surface area contributed by atoms with Gasteiger partial charge in [-0.1, -0.05) is 23.4 Å². The van der Waals surface area contributed by atoms with Crippen LogP contribution in [0.25, 0.3) is 0 Å². The molecule has 5 heteroatoms. The van der Waals surface area contributed by atoms with Gasteiger partial charge in [-0.2, -0.15) is 0 Å². The first-order valence-electron chi connectivity index (χ1n) is 6.37. The van der Waals surface area contributed by atoms with Crippen LogP contribution in [0.15, 0.2) is 23.6 Å². The van der Waals surface area contributed by atoms with Crippen LogP contribution in [0.4, 0.5) is 5.69 Å². The Hall–Kier alpha value is -1.80. The minimum absolute atomic E-state index is 0.193. The highest BCUT2D eigenvalue weighted by molar-refractivity contribution is 7.13. The quantitative estimate of drug-likeness (QED) is 0.832. The third-order valence-corrected chi connectivity index (χ3v) is 4.61. The van der Waals surface area contributed by atoms with E-state index in [2.05, 4.69) is 17.2 Å². The largest absolute Gasteiger partial charge is 0.321 e. The maximum absolute atomic E-state index is 12.2. The van der Waals surface area contributed by atoms with Gasteiger partial charge in [-0.05, 0) is 48.6 Å². The highest BCUT2D eigenvalue weighted by Gasteiger charge is 2.15. The van der Waals surface area contributed by atoms with Gasteiger partial charge in [-0.15, -0.1) is 11.3 Å². The van der Waals surface area contributed by atoms with Crippen LogP contribution in [-0.4, -0.2) is 12.5 Å². The highest BCUT2D eigenvalue weighted by Crippen LogP contribution is 2.28. The molecule has 1 amide bonds. The van der Waals surface area contributed by atoms with Gasteiger partial charge in [0.15, 0.2) is 0 Å². The molecule has 0 fully saturated rings. The third kappa shape index (κ3) is 3.64. The second-order valence-electron chi connectivity index (χ2n) is 4.55. The van der Waals surface area contributed by atoms with Gasteiger partial charge in [0.25, 0.3) is 5.91 Å². The molecular formula is C16H15ClN2OS. The number of anilines is 1. The average molecular weight is 319 g/mol. The van der Waals surface area contributed by atoms with E-state index in [9.17, 15) is 4.79 Å². The molecule has 1 aromatic heterocycles. The second-order valence-corrected chi connectivity index (χ2v) is 5.81. The lowest BCUT2D eigenvalue weighted by atomic mass is 10.1. The van der Waals surface area contributed by atoms with Crippen LogP contribution in [0, 0.1) is 25.7 Å². The summed E-state index contributed by atoms with van der Waals surface area (Å²) in [4.78, 5) is 12.8. The lowest BCUT2D eigenvalue weighted by molar-refractivity contribution is 0.103. The molecule has 2 aromatic rings. The Morgan fingerprint density at radius 1 is 1.38 bits per heavy atom. The van der Waals surface area contributed by atoms with E-state index >= 15 is 0 Å². The topological polar surface area (TPSA) is 55.1 Å². The van der Waals surface area contributed by atoms with Crippen molar-refractivity contribution in [3.05, 3.63) is 50.2 Å². The van der Waals surface area contributed by atoms with Crippen molar-refractivity contribution < 1.29 is 4.79 Å². The number of nitrogens with two attached hydrogens (primary N) is 1. The molecule has 1 heterocycles. The summed E-state index contributed by atoms with van der Waals surface area (Å²) in [6, 6.07) is 5.61. The van der Waals surface area contributed by atoms with Crippen molar-refractivity contribution in [3.63, 3.8) is 0 Å². The number of nitrogens with one attached hydrogen (secondary N) is 1. The van der Waals surface area contributed by atoms with Crippen molar-refractivity contribution in [2.45, 2.75) is 13.8 Å².